The molecule has 0 spiro atoms. The van der Waals surface area contributed by atoms with Gasteiger partial charge in [0.15, 0.2) is 29.6 Å². The van der Waals surface area contributed by atoms with Crippen molar-refractivity contribution in [3.63, 3.8) is 0 Å². The van der Waals surface area contributed by atoms with Gasteiger partial charge in [0.25, 0.3) is 5.91 Å². The van der Waals surface area contributed by atoms with Gasteiger partial charge in [0.05, 0.1) is 30.5 Å². The van der Waals surface area contributed by atoms with E-state index in [0.29, 0.717) is 54.9 Å². The molecule has 1 aliphatic heterocycles. The molecule has 1 aromatic carbocycles. The third-order valence-electron chi connectivity index (χ3n) is 9.53. The summed E-state index contributed by atoms with van der Waals surface area (Å²) in [6.07, 6.45) is 13.1. The zero-order valence-electron chi connectivity index (χ0n) is 29.7. The number of piperidine rings is 1. The lowest BCUT2D eigenvalue weighted by Crippen LogP contribution is -2.55. The third-order valence-corrected chi connectivity index (χ3v) is 9.53. The molecule has 15 heteroatoms. The van der Waals surface area contributed by atoms with E-state index in [9.17, 15) is 18.0 Å². The fraction of sp³-hybridized carbons (Fsp3) is 0.541. The summed E-state index contributed by atoms with van der Waals surface area (Å²) in [5.74, 6) is -0.755. The largest absolute Gasteiger partial charge is 0.481 e. The average molecular weight is 725 g/mol. The van der Waals surface area contributed by atoms with E-state index < -0.39 is 24.2 Å². The number of pyridine rings is 1. The number of hydrogen-bond donors (Lipinski definition) is 4. The molecule has 1 atom stereocenters. The maximum Gasteiger partial charge on any atom is 0.257 e. The van der Waals surface area contributed by atoms with Crippen molar-refractivity contribution >= 4 is 28.6 Å². The smallest absolute Gasteiger partial charge is 0.257 e. The predicted molar refractivity (Wildman–Crippen MR) is 197 cm³/mol. The van der Waals surface area contributed by atoms with Crippen molar-refractivity contribution < 1.29 is 22.7 Å². The first kappa shape index (κ1) is 38.7. The number of nitrogens with zero attached hydrogens (tertiary/aromatic N) is 6. The Bertz CT molecular complexity index is 1760. The van der Waals surface area contributed by atoms with Gasteiger partial charge in [-0.1, -0.05) is 44.9 Å². The van der Waals surface area contributed by atoms with Gasteiger partial charge >= 0.3 is 0 Å². The number of unbranched alkanes of at least 4 members (excludes halogenated alkanes) is 8. The molecule has 1 saturated heterocycles. The van der Waals surface area contributed by atoms with Gasteiger partial charge in [-0.3, -0.25) is 9.78 Å². The molecule has 1 fully saturated rings. The summed E-state index contributed by atoms with van der Waals surface area (Å²) in [6.45, 7) is 2.11. The maximum atomic E-state index is 14.9. The SMILES string of the molecule is NCCCCCCCCCCCNC(=O)COc1cc(-c2cc(Cn3cnc4c(N)ncnc43)c(N3CCC[C@](N)(CC(F)F)C3)cn2)ccc1F. The highest BCUT2D eigenvalue weighted by molar-refractivity contribution is 5.81. The van der Waals surface area contributed by atoms with Crippen molar-refractivity contribution in [1.82, 2.24) is 29.8 Å². The molecule has 4 aromatic rings. The van der Waals surface area contributed by atoms with Crippen molar-refractivity contribution in [2.24, 2.45) is 11.5 Å². The first-order chi connectivity index (χ1) is 25.2. The van der Waals surface area contributed by atoms with Gasteiger partial charge in [-0.2, -0.15) is 0 Å². The molecule has 7 N–H and O–H groups in total. The van der Waals surface area contributed by atoms with Gasteiger partial charge in [0, 0.05) is 37.2 Å². The van der Waals surface area contributed by atoms with Gasteiger partial charge in [-0.05, 0) is 62.1 Å². The molecule has 282 valence electrons. The van der Waals surface area contributed by atoms with Crippen LogP contribution in [0, 0.1) is 5.82 Å². The van der Waals surface area contributed by atoms with Crippen LogP contribution < -0.4 is 32.2 Å². The van der Waals surface area contributed by atoms with Gasteiger partial charge in [-0.25, -0.2) is 28.1 Å². The molecular weight excluding hydrogens is 673 g/mol. The number of ether oxygens (including phenoxy) is 1. The summed E-state index contributed by atoms with van der Waals surface area (Å²) in [7, 11) is 0. The number of carbonyl (C=O) groups excluding carboxylic acids is 1. The van der Waals surface area contributed by atoms with E-state index in [1.807, 2.05) is 15.5 Å². The van der Waals surface area contributed by atoms with Crippen LogP contribution >= 0.6 is 0 Å². The highest BCUT2D eigenvalue weighted by atomic mass is 19.3. The number of alkyl halides is 2. The number of nitrogens with one attached hydrogen (secondary N) is 1. The summed E-state index contributed by atoms with van der Waals surface area (Å²) in [5.41, 5.74) is 20.6. The monoisotopic (exact) mass is 724 g/mol. The van der Waals surface area contributed by atoms with Crippen LogP contribution in [0.3, 0.4) is 0 Å². The van der Waals surface area contributed by atoms with Crippen molar-refractivity contribution in [2.75, 3.05) is 43.4 Å². The molecule has 0 aliphatic carbocycles. The number of carbonyl (C=O) groups is 1. The Morgan fingerprint density at radius 2 is 1.75 bits per heavy atom. The second kappa shape index (κ2) is 18.8. The summed E-state index contributed by atoms with van der Waals surface area (Å²) < 4.78 is 49.2. The van der Waals surface area contributed by atoms with E-state index in [1.165, 1.54) is 50.6 Å². The van der Waals surface area contributed by atoms with E-state index in [-0.39, 0.29) is 30.6 Å². The van der Waals surface area contributed by atoms with Crippen LogP contribution in [-0.4, -0.2) is 75.2 Å². The summed E-state index contributed by atoms with van der Waals surface area (Å²) >= 11 is 0. The van der Waals surface area contributed by atoms with Gasteiger partial charge in [-0.15, -0.1) is 0 Å². The van der Waals surface area contributed by atoms with Gasteiger partial charge in [0.1, 0.15) is 11.8 Å². The number of fused-ring (bicyclic) bond motifs is 1. The minimum Gasteiger partial charge on any atom is -0.481 e. The van der Waals surface area contributed by atoms with Gasteiger partial charge in [0.2, 0.25) is 6.43 Å². The van der Waals surface area contributed by atoms with Crippen molar-refractivity contribution in [2.45, 2.75) is 95.6 Å². The summed E-state index contributed by atoms with van der Waals surface area (Å²) in [5, 5.41) is 2.85. The van der Waals surface area contributed by atoms with E-state index in [0.717, 1.165) is 43.5 Å². The lowest BCUT2D eigenvalue weighted by atomic mass is 9.86. The Morgan fingerprint density at radius 3 is 2.50 bits per heavy atom. The second-order valence-corrected chi connectivity index (χ2v) is 13.7. The number of amides is 1. The van der Waals surface area contributed by atoms with Crippen LogP contribution in [0.15, 0.2) is 43.1 Å². The minimum atomic E-state index is -2.52. The molecule has 12 nitrogen and oxygen atoms in total. The van der Waals surface area contributed by atoms with Crippen LogP contribution in [0.2, 0.25) is 0 Å². The van der Waals surface area contributed by atoms with Crippen molar-refractivity contribution in [3.05, 3.63) is 54.5 Å². The normalized spacial score (nSPS) is 16.2. The number of nitrogens with two attached hydrogens (primary N) is 3. The zero-order valence-corrected chi connectivity index (χ0v) is 29.7. The van der Waals surface area contributed by atoms with Crippen LogP contribution in [-0.2, 0) is 11.3 Å². The number of nitrogen functional groups attached to an aromatic ring is 1. The van der Waals surface area contributed by atoms with Crippen LogP contribution in [0.25, 0.3) is 22.4 Å². The topological polar surface area (TPSA) is 176 Å². The number of halogens is 3. The summed E-state index contributed by atoms with van der Waals surface area (Å²) in [4.78, 5) is 31.9. The molecular formula is C37H51F3N10O2. The number of hydrogen-bond acceptors (Lipinski definition) is 10. The summed E-state index contributed by atoms with van der Waals surface area (Å²) in [6, 6.07) is 6.23. The number of imidazole rings is 1. The molecule has 1 aliphatic rings. The van der Waals surface area contributed by atoms with Crippen molar-refractivity contribution in [1.29, 1.82) is 0 Å². The Hall–Kier alpha value is -4.50. The highest BCUT2D eigenvalue weighted by Gasteiger charge is 2.35. The molecule has 1 amide bonds. The molecule has 0 bridgehead atoms. The fourth-order valence-electron chi connectivity index (χ4n) is 6.80. The van der Waals surface area contributed by atoms with Crippen LogP contribution in [0.5, 0.6) is 5.75 Å². The number of anilines is 2. The van der Waals surface area contributed by atoms with Crippen LogP contribution in [0.1, 0.15) is 82.6 Å². The fourth-order valence-corrected chi connectivity index (χ4v) is 6.80. The molecule has 0 unspecified atom stereocenters. The standard InChI is InChI=1S/C37H51F3N10O2/c38-28-12-11-26(18-31(28)52-22-33(51)44-15-9-7-5-3-1-2-4-6-8-14-41)29-17-27(21-50-25-48-34-35(42)46-24-47-36(34)50)30(20-45-29)49-16-10-13-37(43,23-49)19-32(39)40/h11-12,17-18,20,24-25,32H,1-10,13-16,19,21-23,41,43H2,(H,44,51)(H2,42,46,47)/t37-/m0/s1. The van der Waals surface area contributed by atoms with E-state index in [2.05, 4.69) is 20.3 Å². The average Bonchev–Trinajstić information content (AvgIpc) is 3.53. The number of aromatic nitrogens is 5. The first-order valence-corrected chi connectivity index (χ1v) is 18.3. The van der Waals surface area contributed by atoms with E-state index >= 15 is 0 Å². The quantitative estimate of drug-likeness (QED) is 0.0843. The van der Waals surface area contributed by atoms with Gasteiger partial charge < -0.3 is 36.7 Å². The lowest BCUT2D eigenvalue weighted by molar-refractivity contribution is -0.123. The first-order valence-electron chi connectivity index (χ1n) is 18.3. The van der Waals surface area contributed by atoms with E-state index in [1.54, 1.807) is 18.6 Å². The van der Waals surface area contributed by atoms with Crippen molar-refractivity contribution in [3.8, 4) is 17.0 Å². The Morgan fingerprint density at radius 1 is 1.00 bits per heavy atom. The molecule has 0 radical (unpaired) electrons. The highest BCUT2D eigenvalue weighted by Crippen LogP contribution is 2.34. The Labute approximate surface area is 302 Å². The Balaban J connectivity index is 1.25. The minimum absolute atomic E-state index is 0.0738. The zero-order chi connectivity index (χ0) is 36.9. The number of benzene rings is 1. The lowest BCUT2D eigenvalue weighted by Gasteiger charge is -2.42. The third kappa shape index (κ3) is 10.8. The molecule has 52 heavy (non-hydrogen) atoms. The predicted octanol–water partition coefficient (Wildman–Crippen LogP) is 5.58. The Kier molecular flexibility index (Phi) is 14.0. The molecule has 4 heterocycles. The molecule has 3 aromatic heterocycles. The van der Waals surface area contributed by atoms with E-state index in [4.69, 9.17) is 26.9 Å². The number of rotatable bonds is 20. The van der Waals surface area contributed by atoms with Crippen LogP contribution in [0.4, 0.5) is 24.7 Å². The second-order valence-electron chi connectivity index (χ2n) is 13.7. The maximum absolute atomic E-state index is 14.9. The molecule has 0 saturated carbocycles. The molecule has 5 rings (SSSR count).